The minimum Gasteiger partial charge on any atom is -0.454 e. The maximum absolute atomic E-state index is 14.2. The standard InChI is InChI=1S/C23H18F3N3O2/c1-12(2)21-20-16(22(25)26)10-17(13-3-8-18-19(9-13)31-11-30-18)27-23(20)29(28-21)15-6-4-14(24)5-7-15/h3-10,12,22H,11H2,1-2H3. The summed E-state index contributed by atoms with van der Waals surface area (Å²) in [5, 5.41) is 4.90. The number of pyridine rings is 1. The van der Waals surface area contributed by atoms with Gasteiger partial charge in [-0.25, -0.2) is 22.8 Å². The van der Waals surface area contributed by atoms with Crippen LogP contribution in [0.25, 0.3) is 28.0 Å². The zero-order chi connectivity index (χ0) is 21.7. The fraction of sp³-hybridized carbons (Fsp3) is 0.217. The molecule has 0 saturated carbocycles. The van der Waals surface area contributed by atoms with E-state index in [1.807, 2.05) is 13.8 Å². The van der Waals surface area contributed by atoms with Gasteiger partial charge in [0.15, 0.2) is 17.1 Å². The van der Waals surface area contributed by atoms with Crippen LogP contribution in [0.15, 0.2) is 48.5 Å². The van der Waals surface area contributed by atoms with Crippen LogP contribution in [0, 0.1) is 5.82 Å². The molecular formula is C23H18F3N3O2. The van der Waals surface area contributed by atoms with E-state index in [9.17, 15) is 13.2 Å². The maximum Gasteiger partial charge on any atom is 0.264 e. The Morgan fingerprint density at radius 3 is 2.42 bits per heavy atom. The van der Waals surface area contributed by atoms with Gasteiger partial charge in [0, 0.05) is 11.1 Å². The van der Waals surface area contributed by atoms with Crippen LogP contribution in [0.1, 0.15) is 37.4 Å². The van der Waals surface area contributed by atoms with Gasteiger partial charge in [0.25, 0.3) is 6.43 Å². The molecule has 31 heavy (non-hydrogen) atoms. The van der Waals surface area contributed by atoms with E-state index in [0.717, 1.165) is 0 Å². The summed E-state index contributed by atoms with van der Waals surface area (Å²) in [5.74, 6) is 0.622. The quantitative estimate of drug-likeness (QED) is 0.401. The number of fused-ring (bicyclic) bond motifs is 2. The molecule has 1 aliphatic heterocycles. The predicted octanol–water partition coefficient (Wildman–Crippen LogP) is 6.02. The summed E-state index contributed by atoms with van der Waals surface area (Å²) < 4.78 is 54.0. The average Bonchev–Trinajstić information content (AvgIpc) is 3.37. The average molecular weight is 425 g/mol. The first-order chi connectivity index (χ1) is 14.9. The van der Waals surface area contributed by atoms with Gasteiger partial charge in [0.05, 0.1) is 22.5 Å². The molecule has 0 aliphatic carbocycles. The third kappa shape index (κ3) is 3.28. The Morgan fingerprint density at radius 2 is 1.71 bits per heavy atom. The molecule has 2 aromatic carbocycles. The highest BCUT2D eigenvalue weighted by atomic mass is 19.3. The lowest BCUT2D eigenvalue weighted by Gasteiger charge is -2.10. The molecule has 4 aromatic rings. The van der Waals surface area contributed by atoms with Crippen LogP contribution in [-0.4, -0.2) is 21.6 Å². The Morgan fingerprint density at radius 1 is 0.968 bits per heavy atom. The largest absolute Gasteiger partial charge is 0.454 e. The topological polar surface area (TPSA) is 49.2 Å². The molecule has 8 heteroatoms. The van der Waals surface area contributed by atoms with Gasteiger partial charge in [-0.15, -0.1) is 0 Å². The SMILES string of the molecule is CC(C)c1nn(-c2ccc(F)cc2)c2nc(-c3ccc4c(c3)OCO4)cc(C(F)F)c12. The number of benzene rings is 2. The Balaban J connectivity index is 1.79. The van der Waals surface area contributed by atoms with E-state index in [4.69, 9.17) is 14.5 Å². The van der Waals surface area contributed by atoms with E-state index >= 15 is 0 Å². The van der Waals surface area contributed by atoms with Crippen molar-refractivity contribution < 1.29 is 22.6 Å². The molecule has 0 amide bonds. The lowest BCUT2D eigenvalue weighted by molar-refractivity contribution is 0.153. The third-order valence-electron chi connectivity index (χ3n) is 5.22. The van der Waals surface area contributed by atoms with Crippen molar-refractivity contribution in [3.8, 4) is 28.4 Å². The fourth-order valence-electron chi connectivity index (χ4n) is 3.71. The highest BCUT2D eigenvalue weighted by molar-refractivity contribution is 5.87. The third-order valence-corrected chi connectivity index (χ3v) is 5.22. The zero-order valence-electron chi connectivity index (χ0n) is 16.8. The van der Waals surface area contributed by atoms with Crippen LogP contribution >= 0.6 is 0 Å². The number of hydrogen-bond donors (Lipinski definition) is 0. The second-order valence-corrected chi connectivity index (χ2v) is 7.59. The van der Waals surface area contributed by atoms with Crippen LogP contribution in [0.2, 0.25) is 0 Å². The molecular weight excluding hydrogens is 407 g/mol. The number of aromatic nitrogens is 3. The first kappa shape index (κ1) is 19.4. The van der Waals surface area contributed by atoms with Gasteiger partial charge in [0.1, 0.15) is 5.82 Å². The maximum atomic E-state index is 14.2. The van der Waals surface area contributed by atoms with Crippen molar-refractivity contribution in [2.45, 2.75) is 26.2 Å². The lowest BCUT2D eigenvalue weighted by Crippen LogP contribution is -2.00. The predicted molar refractivity (Wildman–Crippen MR) is 109 cm³/mol. The summed E-state index contributed by atoms with van der Waals surface area (Å²) in [4.78, 5) is 4.69. The van der Waals surface area contributed by atoms with E-state index < -0.39 is 12.2 Å². The molecule has 5 rings (SSSR count). The first-order valence-electron chi connectivity index (χ1n) is 9.80. The lowest BCUT2D eigenvalue weighted by atomic mass is 10.0. The number of ether oxygens (including phenoxy) is 2. The normalized spacial score (nSPS) is 13.0. The van der Waals surface area contributed by atoms with Crippen molar-refractivity contribution in [3.63, 3.8) is 0 Å². The summed E-state index contributed by atoms with van der Waals surface area (Å²) in [6, 6.07) is 12.3. The zero-order valence-corrected chi connectivity index (χ0v) is 16.8. The number of nitrogens with zero attached hydrogens (tertiary/aromatic N) is 3. The van der Waals surface area contributed by atoms with Gasteiger partial charge >= 0.3 is 0 Å². The number of rotatable bonds is 4. The smallest absolute Gasteiger partial charge is 0.264 e. The van der Waals surface area contributed by atoms with Gasteiger partial charge in [-0.3, -0.25) is 0 Å². The van der Waals surface area contributed by atoms with E-state index in [1.165, 1.54) is 22.9 Å². The molecule has 0 spiro atoms. The van der Waals surface area contributed by atoms with E-state index in [0.29, 0.717) is 45.2 Å². The molecule has 0 saturated heterocycles. The van der Waals surface area contributed by atoms with E-state index in [1.54, 1.807) is 30.3 Å². The second-order valence-electron chi connectivity index (χ2n) is 7.59. The van der Waals surface area contributed by atoms with Crippen molar-refractivity contribution in [1.82, 2.24) is 14.8 Å². The Bertz CT molecular complexity index is 1280. The van der Waals surface area contributed by atoms with Gasteiger partial charge < -0.3 is 9.47 Å². The summed E-state index contributed by atoms with van der Waals surface area (Å²) in [6.45, 7) is 3.89. The molecule has 1 aliphatic rings. The van der Waals surface area contributed by atoms with Crippen molar-refractivity contribution in [1.29, 1.82) is 0 Å². The van der Waals surface area contributed by atoms with Gasteiger partial charge in [-0.1, -0.05) is 13.8 Å². The van der Waals surface area contributed by atoms with Gasteiger partial charge in [0.2, 0.25) is 6.79 Å². The highest BCUT2D eigenvalue weighted by Gasteiger charge is 2.25. The molecule has 3 heterocycles. The minimum absolute atomic E-state index is 0.111. The summed E-state index contributed by atoms with van der Waals surface area (Å²) in [5.41, 5.74) is 2.18. The van der Waals surface area contributed by atoms with Crippen LogP contribution in [0.4, 0.5) is 13.2 Å². The first-order valence-corrected chi connectivity index (χ1v) is 9.80. The van der Waals surface area contributed by atoms with Crippen molar-refractivity contribution in [2.24, 2.45) is 0 Å². The van der Waals surface area contributed by atoms with Crippen LogP contribution < -0.4 is 9.47 Å². The Kier molecular flexibility index (Phi) is 4.57. The van der Waals surface area contributed by atoms with Gasteiger partial charge in [-0.05, 0) is 54.4 Å². The van der Waals surface area contributed by atoms with Crippen molar-refractivity contribution >= 4 is 11.0 Å². The molecule has 158 valence electrons. The summed E-state index contributed by atoms with van der Waals surface area (Å²) >= 11 is 0. The number of alkyl halides is 2. The molecule has 0 atom stereocenters. The minimum atomic E-state index is -2.72. The highest BCUT2D eigenvalue weighted by Crippen LogP contribution is 2.39. The molecule has 0 bridgehead atoms. The summed E-state index contributed by atoms with van der Waals surface area (Å²) in [6.07, 6.45) is -2.72. The monoisotopic (exact) mass is 425 g/mol. The van der Waals surface area contributed by atoms with Crippen molar-refractivity contribution in [2.75, 3.05) is 6.79 Å². The Labute approximate surface area is 176 Å². The Hall–Kier alpha value is -3.55. The molecule has 5 nitrogen and oxygen atoms in total. The molecule has 0 fully saturated rings. The van der Waals surface area contributed by atoms with Gasteiger partial charge in [-0.2, -0.15) is 5.10 Å². The molecule has 2 aromatic heterocycles. The van der Waals surface area contributed by atoms with E-state index in [-0.39, 0.29) is 18.3 Å². The number of halogens is 3. The van der Waals surface area contributed by atoms with Crippen molar-refractivity contribution in [3.05, 3.63) is 65.6 Å². The van der Waals surface area contributed by atoms with E-state index in [2.05, 4.69) is 5.10 Å². The second kappa shape index (κ2) is 7.30. The molecule has 0 N–H and O–H groups in total. The van der Waals surface area contributed by atoms with Crippen LogP contribution in [-0.2, 0) is 0 Å². The molecule has 0 radical (unpaired) electrons. The number of hydrogen-bond acceptors (Lipinski definition) is 4. The van der Waals surface area contributed by atoms with Crippen LogP contribution in [0.5, 0.6) is 11.5 Å². The molecule has 0 unspecified atom stereocenters. The van der Waals surface area contributed by atoms with Crippen LogP contribution in [0.3, 0.4) is 0 Å². The fourth-order valence-corrected chi connectivity index (χ4v) is 3.71. The summed E-state index contributed by atoms with van der Waals surface area (Å²) in [7, 11) is 0.